The molecule has 1 saturated heterocycles. The Morgan fingerprint density at radius 3 is 2.55 bits per heavy atom. The molecule has 2 atom stereocenters. The molecule has 9 nitrogen and oxygen atoms in total. The Bertz CT molecular complexity index is 355. The van der Waals surface area contributed by atoms with E-state index in [4.69, 9.17) is 19.7 Å². The minimum absolute atomic E-state index is 0.179. The van der Waals surface area contributed by atoms with Crippen molar-refractivity contribution < 1.29 is 34.1 Å². The maximum Gasteiger partial charge on any atom is 0.326 e. The first-order valence-corrected chi connectivity index (χ1v) is 6.17. The van der Waals surface area contributed by atoms with Gasteiger partial charge in [-0.25, -0.2) is 9.59 Å². The summed E-state index contributed by atoms with van der Waals surface area (Å²) in [6.07, 6.45) is -0.783. The van der Waals surface area contributed by atoms with E-state index >= 15 is 0 Å². The normalized spacial score (nSPS) is 19.9. The molecule has 9 heteroatoms. The number of aliphatic carboxylic acids is 2. The number of carbonyl (C=O) groups excluding carboxylic acids is 1. The van der Waals surface area contributed by atoms with Gasteiger partial charge in [0, 0.05) is 13.0 Å². The molecule has 1 unspecified atom stereocenters. The molecule has 1 fully saturated rings. The summed E-state index contributed by atoms with van der Waals surface area (Å²) in [5, 5.41) is 22.0. The Morgan fingerprint density at radius 2 is 2.00 bits per heavy atom. The van der Waals surface area contributed by atoms with Crippen molar-refractivity contribution in [1.29, 1.82) is 0 Å². The Morgan fingerprint density at radius 1 is 1.25 bits per heavy atom. The second-order valence-corrected chi connectivity index (χ2v) is 4.25. The van der Waals surface area contributed by atoms with E-state index in [1.807, 2.05) is 0 Å². The average molecular weight is 290 g/mol. The third-order valence-electron chi connectivity index (χ3n) is 2.63. The molecule has 4 N–H and O–H groups in total. The molecule has 20 heavy (non-hydrogen) atoms. The van der Waals surface area contributed by atoms with Crippen molar-refractivity contribution in [1.82, 2.24) is 10.6 Å². The number of carboxylic acid groups (broad SMARTS) is 2. The molecule has 1 aliphatic rings. The molecule has 1 rings (SSSR count). The number of amides is 2. The maximum atomic E-state index is 11.5. The zero-order valence-corrected chi connectivity index (χ0v) is 10.8. The molecule has 0 aromatic carbocycles. The van der Waals surface area contributed by atoms with E-state index in [1.54, 1.807) is 0 Å². The molecule has 0 radical (unpaired) electrons. The largest absolute Gasteiger partial charge is 0.481 e. The van der Waals surface area contributed by atoms with Crippen molar-refractivity contribution in [2.24, 2.45) is 0 Å². The number of rotatable bonds is 7. The summed E-state index contributed by atoms with van der Waals surface area (Å²) in [6, 6.07) is -1.92. The van der Waals surface area contributed by atoms with Gasteiger partial charge in [-0.15, -0.1) is 0 Å². The van der Waals surface area contributed by atoms with Gasteiger partial charge in [-0.1, -0.05) is 0 Å². The molecule has 1 aliphatic heterocycles. The summed E-state index contributed by atoms with van der Waals surface area (Å²) >= 11 is 0. The Balaban J connectivity index is 2.29. The minimum atomic E-state index is -1.28. The fourth-order valence-electron chi connectivity index (χ4n) is 1.60. The lowest BCUT2D eigenvalue weighted by molar-refractivity contribution is -0.140. The van der Waals surface area contributed by atoms with E-state index in [0.717, 1.165) is 0 Å². The van der Waals surface area contributed by atoms with Gasteiger partial charge in [0.05, 0.1) is 25.9 Å². The standard InChI is InChI=1S/C11H18N2O7/c14-9(15)2-1-8(10(16)17)13-11(18)12-5-7-6-19-3-4-20-7/h7-8H,1-6H2,(H,14,15)(H,16,17)(H2,12,13,18)/t7?,8-/m0/s1. The van der Waals surface area contributed by atoms with E-state index in [2.05, 4.69) is 10.6 Å². The average Bonchev–Trinajstić information content (AvgIpc) is 2.41. The Kier molecular flexibility index (Phi) is 6.74. The second kappa shape index (κ2) is 8.33. The van der Waals surface area contributed by atoms with Crippen LogP contribution in [0.25, 0.3) is 0 Å². The summed E-state index contributed by atoms with van der Waals surface area (Å²) in [5.74, 6) is -2.40. The first-order chi connectivity index (χ1) is 9.49. The number of urea groups is 1. The van der Waals surface area contributed by atoms with Gasteiger partial charge >= 0.3 is 18.0 Å². The monoisotopic (exact) mass is 290 g/mol. The zero-order chi connectivity index (χ0) is 15.0. The summed E-state index contributed by atoms with van der Waals surface area (Å²) < 4.78 is 10.4. The van der Waals surface area contributed by atoms with Gasteiger partial charge in [0.2, 0.25) is 0 Å². The van der Waals surface area contributed by atoms with E-state index in [-0.39, 0.29) is 25.5 Å². The smallest absolute Gasteiger partial charge is 0.326 e. The van der Waals surface area contributed by atoms with Crippen LogP contribution in [0, 0.1) is 0 Å². The lowest BCUT2D eigenvalue weighted by Crippen LogP contribution is -2.49. The molecule has 1 heterocycles. The fourth-order valence-corrected chi connectivity index (χ4v) is 1.60. The van der Waals surface area contributed by atoms with E-state index in [1.165, 1.54) is 0 Å². The van der Waals surface area contributed by atoms with E-state index in [0.29, 0.717) is 19.8 Å². The maximum absolute atomic E-state index is 11.5. The topological polar surface area (TPSA) is 134 Å². The van der Waals surface area contributed by atoms with Crippen molar-refractivity contribution >= 4 is 18.0 Å². The van der Waals surface area contributed by atoms with Crippen molar-refractivity contribution in [3.63, 3.8) is 0 Å². The molecule has 2 amide bonds. The van der Waals surface area contributed by atoms with Crippen LogP contribution in [-0.4, -0.2) is 66.7 Å². The van der Waals surface area contributed by atoms with Crippen LogP contribution < -0.4 is 10.6 Å². The highest BCUT2D eigenvalue weighted by molar-refractivity contribution is 5.83. The van der Waals surface area contributed by atoms with Crippen LogP contribution in [0.5, 0.6) is 0 Å². The lowest BCUT2D eigenvalue weighted by Gasteiger charge is -2.23. The van der Waals surface area contributed by atoms with Gasteiger partial charge in [0.15, 0.2) is 0 Å². The third-order valence-corrected chi connectivity index (χ3v) is 2.63. The predicted octanol–water partition coefficient (Wildman–Crippen LogP) is -0.981. The number of hydrogen-bond donors (Lipinski definition) is 4. The van der Waals surface area contributed by atoms with E-state index < -0.39 is 24.0 Å². The Labute approximate surface area is 115 Å². The molecule has 114 valence electrons. The van der Waals surface area contributed by atoms with Crippen molar-refractivity contribution in [3.8, 4) is 0 Å². The van der Waals surface area contributed by atoms with Gasteiger partial charge in [0.25, 0.3) is 0 Å². The van der Waals surface area contributed by atoms with Gasteiger partial charge in [0.1, 0.15) is 6.04 Å². The van der Waals surface area contributed by atoms with Gasteiger partial charge in [-0.05, 0) is 6.42 Å². The molecule has 0 saturated carbocycles. The predicted molar refractivity (Wildman–Crippen MR) is 65.4 cm³/mol. The summed E-state index contributed by atoms with van der Waals surface area (Å²) in [4.78, 5) is 32.8. The lowest BCUT2D eigenvalue weighted by atomic mass is 10.1. The molecule has 0 aliphatic carbocycles. The summed E-state index contributed by atoms with van der Waals surface area (Å²) in [5.41, 5.74) is 0. The molecule has 0 bridgehead atoms. The molecule has 0 aromatic rings. The highest BCUT2D eigenvalue weighted by Crippen LogP contribution is 2.00. The summed E-state index contributed by atoms with van der Waals surface area (Å²) in [6.45, 7) is 1.52. The molecule has 0 aromatic heterocycles. The zero-order valence-electron chi connectivity index (χ0n) is 10.8. The van der Waals surface area contributed by atoms with Crippen LogP contribution in [0.4, 0.5) is 4.79 Å². The quantitative estimate of drug-likeness (QED) is 0.473. The number of carboxylic acids is 2. The van der Waals surface area contributed by atoms with E-state index in [9.17, 15) is 14.4 Å². The minimum Gasteiger partial charge on any atom is -0.481 e. The van der Waals surface area contributed by atoms with Crippen molar-refractivity contribution in [2.75, 3.05) is 26.4 Å². The summed E-state index contributed by atoms with van der Waals surface area (Å²) in [7, 11) is 0. The van der Waals surface area contributed by atoms with Crippen LogP contribution in [-0.2, 0) is 19.1 Å². The van der Waals surface area contributed by atoms with Crippen LogP contribution in [0.15, 0.2) is 0 Å². The van der Waals surface area contributed by atoms with Crippen molar-refractivity contribution in [2.45, 2.75) is 25.0 Å². The number of hydrogen-bond acceptors (Lipinski definition) is 5. The fraction of sp³-hybridized carbons (Fsp3) is 0.727. The van der Waals surface area contributed by atoms with Crippen LogP contribution in [0.3, 0.4) is 0 Å². The first kappa shape index (κ1) is 16.2. The number of carbonyl (C=O) groups is 3. The number of nitrogens with one attached hydrogen (secondary N) is 2. The first-order valence-electron chi connectivity index (χ1n) is 6.17. The highest BCUT2D eigenvalue weighted by atomic mass is 16.6. The van der Waals surface area contributed by atoms with Gasteiger partial charge < -0.3 is 30.3 Å². The molecule has 0 spiro atoms. The second-order valence-electron chi connectivity index (χ2n) is 4.25. The van der Waals surface area contributed by atoms with Crippen LogP contribution in [0.2, 0.25) is 0 Å². The van der Waals surface area contributed by atoms with Crippen LogP contribution in [0.1, 0.15) is 12.8 Å². The number of ether oxygens (including phenoxy) is 2. The SMILES string of the molecule is O=C(O)CC[C@H](NC(=O)NCC1COCCO1)C(=O)O. The Hall–Kier alpha value is -1.87. The van der Waals surface area contributed by atoms with Crippen LogP contribution >= 0.6 is 0 Å². The molecular weight excluding hydrogens is 272 g/mol. The highest BCUT2D eigenvalue weighted by Gasteiger charge is 2.21. The third kappa shape index (κ3) is 6.34. The van der Waals surface area contributed by atoms with Gasteiger partial charge in [-0.2, -0.15) is 0 Å². The molecular formula is C11H18N2O7. The van der Waals surface area contributed by atoms with Crippen molar-refractivity contribution in [3.05, 3.63) is 0 Å². The van der Waals surface area contributed by atoms with Gasteiger partial charge in [-0.3, -0.25) is 4.79 Å².